The molecule has 0 bridgehead atoms. The molecule has 1 heterocycles. The number of aliphatic hydroxyl groups excluding tert-OH is 1. The van der Waals surface area contributed by atoms with Crippen molar-refractivity contribution < 1.29 is 9.90 Å². The van der Waals surface area contributed by atoms with Crippen LogP contribution in [-0.4, -0.2) is 35.1 Å². The molecule has 3 N–H and O–H groups in total. The molecule has 1 unspecified atom stereocenters. The Labute approximate surface area is 107 Å². The molecule has 1 aliphatic heterocycles. The van der Waals surface area contributed by atoms with Crippen LogP contribution in [0.25, 0.3) is 0 Å². The van der Waals surface area contributed by atoms with E-state index in [1.54, 1.807) is 11.8 Å². The number of aliphatic hydroxyl groups is 1. The van der Waals surface area contributed by atoms with E-state index in [9.17, 15) is 9.90 Å². The third-order valence-electron chi connectivity index (χ3n) is 3.57. The zero-order chi connectivity index (χ0) is 13.2. The summed E-state index contributed by atoms with van der Waals surface area (Å²) in [4.78, 5) is 14.2. The van der Waals surface area contributed by atoms with Gasteiger partial charge in [-0.05, 0) is 25.3 Å². The maximum absolute atomic E-state index is 12.4. The number of rotatable bonds is 2. The maximum Gasteiger partial charge on any atom is 0.246 e. The second kappa shape index (κ2) is 5.08. The summed E-state index contributed by atoms with van der Waals surface area (Å²) >= 11 is 0. The first kappa shape index (κ1) is 13.1. The second-order valence-corrected chi connectivity index (χ2v) is 5.09. The van der Waals surface area contributed by atoms with Gasteiger partial charge in [0.25, 0.3) is 0 Å². The van der Waals surface area contributed by atoms with Gasteiger partial charge in [0.1, 0.15) is 5.54 Å². The quantitative estimate of drug-likeness (QED) is 0.815. The van der Waals surface area contributed by atoms with Crippen molar-refractivity contribution in [1.82, 2.24) is 4.90 Å². The molecule has 0 aromatic heterocycles. The van der Waals surface area contributed by atoms with Gasteiger partial charge < -0.3 is 15.7 Å². The number of hydrogen-bond acceptors (Lipinski definition) is 3. The molecule has 1 aromatic carbocycles. The van der Waals surface area contributed by atoms with Crippen molar-refractivity contribution in [3.63, 3.8) is 0 Å². The van der Waals surface area contributed by atoms with Gasteiger partial charge in [-0.15, -0.1) is 0 Å². The zero-order valence-corrected chi connectivity index (χ0v) is 10.7. The van der Waals surface area contributed by atoms with Gasteiger partial charge in [0.2, 0.25) is 5.91 Å². The monoisotopic (exact) mass is 248 g/mol. The van der Waals surface area contributed by atoms with E-state index < -0.39 is 5.54 Å². The smallest absolute Gasteiger partial charge is 0.246 e. The molecule has 4 nitrogen and oxygen atoms in total. The van der Waals surface area contributed by atoms with E-state index in [0.717, 1.165) is 5.56 Å². The highest BCUT2D eigenvalue weighted by atomic mass is 16.3. The van der Waals surface area contributed by atoms with Crippen molar-refractivity contribution in [2.75, 3.05) is 13.1 Å². The topological polar surface area (TPSA) is 66.6 Å². The van der Waals surface area contributed by atoms with Crippen LogP contribution in [0.4, 0.5) is 0 Å². The van der Waals surface area contributed by atoms with E-state index in [2.05, 4.69) is 0 Å². The van der Waals surface area contributed by atoms with Gasteiger partial charge in [0.15, 0.2) is 0 Å². The summed E-state index contributed by atoms with van der Waals surface area (Å²) in [6, 6.07) is 9.41. The predicted octanol–water partition coefficient (Wildman–Crippen LogP) is 0.844. The Kier molecular flexibility index (Phi) is 3.68. The van der Waals surface area contributed by atoms with Crippen molar-refractivity contribution in [3.8, 4) is 0 Å². The molecule has 1 saturated heterocycles. The zero-order valence-electron chi connectivity index (χ0n) is 10.7. The number of likely N-dealkylation sites (tertiary alicyclic amines) is 1. The van der Waals surface area contributed by atoms with Crippen molar-refractivity contribution in [1.29, 1.82) is 0 Å². The van der Waals surface area contributed by atoms with Crippen LogP contribution in [0.3, 0.4) is 0 Å². The van der Waals surface area contributed by atoms with Gasteiger partial charge in [-0.25, -0.2) is 0 Å². The Morgan fingerprint density at radius 2 is 1.89 bits per heavy atom. The van der Waals surface area contributed by atoms with Gasteiger partial charge in [-0.2, -0.15) is 0 Å². The standard InChI is InChI=1S/C14H20N2O2/c1-14(15,11-5-3-2-4-6-11)13(18)16-9-7-12(17)8-10-16/h2-6,12,17H,7-10,15H2,1H3. The third-order valence-corrected chi connectivity index (χ3v) is 3.57. The van der Waals surface area contributed by atoms with Crippen LogP contribution in [-0.2, 0) is 10.3 Å². The summed E-state index contributed by atoms with van der Waals surface area (Å²) in [5.41, 5.74) is 6.02. The fourth-order valence-corrected chi connectivity index (χ4v) is 2.31. The summed E-state index contributed by atoms with van der Waals surface area (Å²) in [6.07, 6.45) is 0.988. The maximum atomic E-state index is 12.4. The van der Waals surface area contributed by atoms with Crippen LogP contribution >= 0.6 is 0 Å². The number of amides is 1. The Morgan fingerprint density at radius 3 is 2.44 bits per heavy atom. The molecule has 1 aliphatic rings. The summed E-state index contributed by atoms with van der Waals surface area (Å²) in [5, 5.41) is 9.46. The van der Waals surface area contributed by atoms with Gasteiger partial charge in [0, 0.05) is 13.1 Å². The van der Waals surface area contributed by atoms with Gasteiger partial charge in [0.05, 0.1) is 6.10 Å². The number of carbonyl (C=O) groups excluding carboxylic acids is 1. The molecule has 1 aromatic rings. The van der Waals surface area contributed by atoms with Crippen LogP contribution in [0.1, 0.15) is 25.3 Å². The minimum Gasteiger partial charge on any atom is -0.393 e. The first-order valence-electron chi connectivity index (χ1n) is 6.33. The van der Waals surface area contributed by atoms with Gasteiger partial charge >= 0.3 is 0 Å². The molecule has 0 saturated carbocycles. The molecule has 0 aliphatic carbocycles. The van der Waals surface area contributed by atoms with Crippen LogP contribution in [0.5, 0.6) is 0 Å². The molecule has 2 rings (SSSR count). The van der Waals surface area contributed by atoms with Gasteiger partial charge in [-0.3, -0.25) is 4.79 Å². The highest BCUT2D eigenvalue weighted by Crippen LogP contribution is 2.22. The van der Waals surface area contributed by atoms with E-state index in [-0.39, 0.29) is 12.0 Å². The Morgan fingerprint density at radius 1 is 1.33 bits per heavy atom. The van der Waals surface area contributed by atoms with Crippen molar-refractivity contribution in [3.05, 3.63) is 35.9 Å². The second-order valence-electron chi connectivity index (χ2n) is 5.09. The molecular weight excluding hydrogens is 228 g/mol. The highest BCUT2D eigenvalue weighted by molar-refractivity contribution is 5.87. The molecule has 4 heteroatoms. The van der Waals surface area contributed by atoms with E-state index in [0.29, 0.717) is 25.9 Å². The first-order chi connectivity index (χ1) is 8.51. The first-order valence-corrected chi connectivity index (χ1v) is 6.33. The summed E-state index contributed by atoms with van der Waals surface area (Å²) < 4.78 is 0. The number of piperidine rings is 1. The van der Waals surface area contributed by atoms with E-state index >= 15 is 0 Å². The number of hydrogen-bond donors (Lipinski definition) is 2. The third kappa shape index (κ3) is 2.54. The van der Waals surface area contributed by atoms with Crippen LogP contribution in [0.15, 0.2) is 30.3 Å². The molecular formula is C14H20N2O2. The Balaban J connectivity index is 2.13. The summed E-state index contributed by atoms with van der Waals surface area (Å²) in [7, 11) is 0. The SMILES string of the molecule is CC(N)(C(=O)N1CCC(O)CC1)c1ccccc1. The molecule has 0 radical (unpaired) electrons. The van der Waals surface area contributed by atoms with Crippen LogP contribution in [0, 0.1) is 0 Å². The summed E-state index contributed by atoms with van der Waals surface area (Å²) in [5.74, 6) is -0.0689. The average molecular weight is 248 g/mol. The lowest BCUT2D eigenvalue weighted by molar-refractivity contribution is -0.138. The van der Waals surface area contributed by atoms with E-state index in [4.69, 9.17) is 5.73 Å². The minimum atomic E-state index is -0.996. The van der Waals surface area contributed by atoms with E-state index in [1.165, 1.54) is 0 Å². The molecule has 0 spiro atoms. The van der Waals surface area contributed by atoms with Crippen molar-refractivity contribution in [2.45, 2.75) is 31.4 Å². The highest BCUT2D eigenvalue weighted by Gasteiger charge is 2.35. The predicted molar refractivity (Wildman–Crippen MR) is 69.8 cm³/mol. The molecule has 1 fully saturated rings. The molecule has 1 amide bonds. The molecule has 1 atom stereocenters. The fraction of sp³-hybridized carbons (Fsp3) is 0.500. The van der Waals surface area contributed by atoms with Gasteiger partial charge in [-0.1, -0.05) is 30.3 Å². The lowest BCUT2D eigenvalue weighted by Crippen LogP contribution is -2.53. The van der Waals surface area contributed by atoms with Crippen LogP contribution in [0.2, 0.25) is 0 Å². The van der Waals surface area contributed by atoms with Crippen molar-refractivity contribution in [2.24, 2.45) is 5.73 Å². The van der Waals surface area contributed by atoms with Crippen LogP contribution < -0.4 is 5.73 Å². The molecule has 18 heavy (non-hydrogen) atoms. The number of nitrogens with two attached hydrogens (primary N) is 1. The number of benzene rings is 1. The average Bonchev–Trinajstić information content (AvgIpc) is 2.40. The lowest BCUT2D eigenvalue weighted by Gasteiger charge is -2.35. The number of carbonyl (C=O) groups is 1. The normalized spacial score (nSPS) is 20.5. The minimum absolute atomic E-state index is 0.0689. The fourth-order valence-electron chi connectivity index (χ4n) is 2.31. The van der Waals surface area contributed by atoms with E-state index in [1.807, 2.05) is 30.3 Å². The lowest BCUT2D eigenvalue weighted by atomic mass is 9.90. The molecule has 98 valence electrons. The largest absolute Gasteiger partial charge is 0.393 e. The van der Waals surface area contributed by atoms with Crippen molar-refractivity contribution >= 4 is 5.91 Å². The Bertz CT molecular complexity index is 409. The Hall–Kier alpha value is -1.39. The number of nitrogens with zero attached hydrogens (tertiary/aromatic N) is 1. The summed E-state index contributed by atoms with van der Waals surface area (Å²) in [6.45, 7) is 2.91.